The molecule has 0 rings (SSSR count). The Morgan fingerprint density at radius 1 is 0.479 bits per heavy atom. The van der Waals surface area contributed by atoms with Gasteiger partial charge in [-0.25, -0.2) is 5.09 Å². The van der Waals surface area contributed by atoms with Gasteiger partial charge in [0.1, 0.15) is 0 Å². The van der Waals surface area contributed by atoms with Gasteiger partial charge >= 0.3 is 0 Å². The van der Waals surface area contributed by atoms with Gasteiger partial charge in [-0.15, -0.1) is 0 Å². The minimum Gasteiger partial charge on any atom is -1.00 e. The van der Waals surface area contributed by atoms with Crippen LogP contribution in [-0.4, -0.2) is 51.9 Å². The quantitative estimate of drug-likeness (QED) is 0.0221. The first-order valence-electron chi connectivity index (χ1n) is 20.6. The van der Waals surface area contributed by atoms with Gasteiger partial charge in [0.05, 0.1) is 47.4 Å². The van der Waals surface area contributed by atoms with Crippen LogP contribution >= 0.6 is 6.64 Å². The van der Waals surface area contributed by atoms with Crippen LogP contribution in [0.5, 0.6) is 0 Å². The lowest BCUT2D eigenvalue weighted by atomic mass is 10.1. The predicted molar refractivity (Wildman–Crippen MR) is 216 cm³/mol. The number of unbranched alkanes of at least 4 members (excludes halogenated alkanes) is 24. The molecule has 4 nitrogen and oxygen atoms in total. The third-order valence-electron chi connectivity index (χ3n) is 8.92. The Hall–Kier alpha value is 0.700. The number of nitrogens with one attached hydrogen (secondary N) is 1. The number of likely N-dealkylation sites (N-methyl/N-ethyl adjacent to an activating group) is 1. The first-order chi connectivity index (χ1) is 22.8. The molecule has 0 aromatic carbocycles. The fourth-order valence-corrected chi connectivity index (χ4v) is 7.81. The van der Waals surface area contributed by atoms with E-state index in [1.54, 1.807) is 0 Å². The number of halogens is 1. The standard InChI is InChI=1S/C41H84N2O2PS.HI/c1-6-8-10-12-14-16-18-20-22-24-26-28-30-32-34-36-40-44-46(47,42-38-39-43(3,4)5)45-41-37-35-33-31-29-27-25-23-21-19-17-15-13-11-9-7-2;/h20-23H,6-19,24-41H2,1-5H3,(H,42,47);1H/q+1;/p-1/b22-20-,23-21-;. The SMILES string of the molecule is CCCCCCCC/C=C\CCCCCCCCOP(=S)(NCC[N+](C)(C)C)OCCCCCCCC/C=C\CCCCCCCC.[I-]. The smallest absolute Gasteiger partial charge is 0.261 e. The summed E-state index contributed by atoms with van der Waals surface area (Å²) in [4.78, 5) is 0. The molecule has 0 fully saturated rings. The van der Waals surface area contributed by atoms with Crippen molar-refractivity contribution >= 4 is 18.4 Å². The number of quaternary nitrogens is 1. The fraction of sp³-hybridized carbons (Fsp3) is 0.902. The van der Waals surface area contributed by atoms with E-state index in [1.165, 1.54) is 167 Å². The molecule has 0 amide bonds. The highest BCUT2D eigenvalue weighted by Gasteiger charge is 2.20. The van der Waals surface area contributed by atoms with Gasteiger partial charge in [-0.2, -0.15) is 0 Å². The second-order valence-corrected chi connectivity index (χ2v) is 18.2. The van der Waals surface area contributed by atoms with Crippen LogP contribution in [0, 0.1) is 0 Å². The number of allylic oxidation sites excluding steroid dienone is 4. The molecule has 0 spiro atoms. The molecule has 0 bridgehead atoms. The van der Waals surface area contributed by atoms with Crippen molar-refractivity contribution in [1.82, 2.24) is 5.09 Å². The summed E-state index contributed by atoms with van der Waals surface area (Å²) in [5, 5.41) is 3.51. The lowest BCUT2D eigenvalue weighted by molar-refractivity contribution is -0.869. The summed E-state index contributed by atoms with van der Waals surface area (Å²) < 4.78 is 13.4. The van der Waals surface area contributed by atoms with Crippen LogP contribution < -0.4 is 29.1 Å². The Labute approximate surface area is 324 Å². The summed E-state index contributed by atoms with van der Waals surface area (Å²) in [6.07, 6.45) is 46.5. The van der Waals surface area contributed by atoms with E-state index >= 15 is 0 Å². The topological polar surface area (TPSA) is 30.5 Å². The van der Waals surface area contributed by atoms with E-state index in [1.807, 2.05) is 0 Å². The Balaban J connectivity index is 0. The van der Waals surface area contributed by atoms with Crippen LogP contribution in [0.4, 0.5) is 0 Å². The monoisotopic (exact) mass is 827 g/mol. The molecule has 0 saturated carbocycles. The Bertz CT molecular complexity index is 696. The number of nitrogens with zero attached hydrogens (tertiary/aromatic N) is 1. The molecule has 48 heavy (non-hydrogen) atoms. The highest BCUT2D eigenvalue weighted by Crippen LogP contribution is 2.44. The molecular weight excluding hydrogens is 742 g/mol. The molecule has 0 heterocycles. The second kappa shape index (κ2) is 38.9. The molecule has 0 aliphatic rings. The fourth-order valence-electron chi connectivity index (χ4n) is 5.72. The molecule has 1 N–H and O–H groups in total. The molecule has 0 unspecified atom stereocenters. The minimum atomic E-state index is -2.43. The van der Waals surface area contributed by atoms with Crippen LogP contribution in [-0.2, 0) is 20.9 Å². The summed E-state index contributed by atoms with van der Waals surface area (Å²) >= 11 is 5.95. The summed E-state index contributed by atoms with van der Waals surface area (Å²) in [5.41, 5.74) is 0. The van der Waals surface area contributed by atoms with Crippen LogP contribution in [0.3, 0.4) is 0 Å². The summed E-state index contributed by atoms with van der Waals surface area (Å²) in [6, 6.07) is 0. The maximum Gasteiger partial charge on any atom is 0.261 e. The zero-order chi connectivity index (χ0) is 34.6. The number of hydrogen-bond donors (Lipinski definition) is 1. The average molecular weight is 827 g/mol. The van der Waals surface area contributed by atoms with E-state index in [9.17, 15) is 0 Å². The zero-order valence-electron chi connectivity index (χ0n) is 32.9. The highest BCUT2D eigenvalue weighted by molar-refractivity contribution is 8.08. The molecule has 7 heteroatoms. The number of rotatable bonds is 38. The molecular formula is C41H84IN2O2PS. The minimum absolute atomic E-state index is 0. The molecule has 0 saturated heterocycles. The van der Waals surface area contributed by atoms with Gasteiger partial charge < -0.3 is 37.5 Å². The van der Waals surface area contributed by atoms with E-state index in [4.69, 9.17) is 20.9 Å². The van der Waals surface area contributed by atoms with Gasteiger partial charge in [0, 0.05) is 0 Å². The second-order valence-electron chi connectivity index (χ2n) is 15.0. The third-order valence-corrected chi connectivity index (χ3v) is 11.6. The van der Waals surface area contributed by atoms with E-state index < -0.39 is 6.64 Å². The van der Waals surface area contributed by atoms with Gasteiger partial charge in [0.25, 0.3) is 6.64 Å². The van der Waals surface area contributed by atoms with Crippen LogP contribution in [0.2, 0.25) is 0 Å². The van der Waals surface area contributed by atoms with E-state index in [-0.39, 0.29) is 24.0 Å². The molecule has 0 aromatic heterocycles. The average Bonchev–Trinajstić information content (AvgIpc) is 3.03. The normalized spacial score (nSPS) is 12.4. The summed E-state index contributed by atoms with van der Waals surface area (Å²) in [6.45, 7) is 5.41. The maximum absolute atomic E-state index is 6.26. The lowest BCUT2D eigenvalue weighted by Gasteiger charge is -2.27. The first kappa shape index (κ1) is 50.8. The predicted octanol–water partition coefficient (Wildman–Crippen LogP) is 10.6. The third kappa shape index (κ3) is 41.1. The van der Waals surface area contributed by atoms with Crippen molar-refractivity contribution in [1.29, 1.82) is 0 Å². The van der Waals surface area contributed by atoms with Crippen molar-refractivity contribution < 1.29 is 37.5 Å². The molecule has 0 aliphatic heterocycles. The first-order valence-corrected chi connectivity index (χ1v) is 23.2. The molecule has 0 radical (unpaired) electrons. The van der Waals surface area contributed by atoms with Gasteiger partial charge in [-0.3, -0.25) is 0 Å². The van der Waals surface area contributed by atoms with Crippen molar-refractivity contribution in [3.63, 3.8) is 0 Å². The Kier molecular flexibility index (Phi) is 41.2. The highest BCUT2D eigenvalue weighted by atomic mass is 127. The Morgan fingerprint density at radius 2 is 0.771 bits per heavy atom. The van der Waals surface area contributed by atoms with Crippen molar-refractivity contribution in [2.45, 2.75) is 194 Å². The van der Waals surface area contributed by atoms with Crippen molar-refractivity contribution in [2.75, 3.05) is 47.4 Å². The molecule has 0 atom stereocenters. The van der Waals surface area contributed by atoms with Gasteiger partial charge in [-0.1, -0.05) is 154 Å². The largest absolute Gasteiger partial charge is 1.00 e. The Morgan fingerprint density at radius 3 is 1.08 bits per heavy atom. The van der Waals surface area contributed by atoms with Gasteiger partial charge in [0.15, 0.2) is 0 Å². The van der Waals surface area contributed by atoms with E-state index in [2.05, 4.69) is 64.4 Å². The van der Waals surface area contributed by atoms with Crippen LogP contribution in [0.1, 0.15) is 194 Å². The zero-order valence-corrected chi connectivity index (χ0v) is 36.8. The van der Waals surface area contributed by atoms with Crippen molar-refractivity contribution in [3.05, 3.63) is 24.3 Å². The maximum atomic E-state index is 6.26. The van der Waals surface area contributed by atoms with E-state index in [0.29, 0.717) is 13.2 Å². The van der Waals surface area contributed by atoms with E-state index in [0.717, 1.165) is 30.4 Å². The van der Waals surface area contributed by atoms with Crippen LogP contribution in [0.25, 0.3) is 0 Å². The van der Waals surface area contributed by atoms with Crippen molar-refractivity contribution in [3.8, 4) is 0 Å². The van der Waals surface area contributed by atoms with Gasteiger partial charge in [-0.05, 0) is 76.0 Å². The van der Waals surface area contributed by atoms with Crippen LogP contribution in [0.15, 0.2) is 24.3 Å². The molecule has 0 aromatic rings. The summed E-state index contributed by atoms with van der Waals surface area (Å²) in [5.74, 6) is 0. The lowest BCUT2D eigenvalue weighted by Crippen LogP contribution is -3.00. The molecule has 0 aliphatic carbocycles. The summed E-state index contributed by atoms with van der Waals surface area (Å²) in [7, 11) is 6.64. The number of hydrogen-bond acceptors (Lipinski definition) is 3. The molecule has 288 valence electrons. The van der Waals surface area contributed by atoms with Gasteiger partial charge in [0.2, 0.25) is 0 Å². The van der Waals surface area contributed by atoms with Crippen molar-refractivity contribution in [2.24, 2.45) is 0 Å².